The number of aliphatic hydroxyl groups is 3. The van der Waals surface area contributed by atoms with E-state index in [-0.39, 0.29) is 13.2 Å². The second kappa shape index (κ2) is 13.8. The molecule has 4 aromatic carbocycles. The highest BCUT2D eigenvalue weighted by atomic mass is 32.2. The van der Waals surface area contributed by atoms with Gasteiger partial charge < -0.3 is 26.0 Å². The van der Waals surface area contributed by atoms with E-state index in [2.05, 4.69) is 22.8 Å². The Labute approximate surface area is 248 Å². The van der Waals surface area contributed by atoms with Crippen molar-refractivity contribution in [2.75, 3.05) is 23.5 Å². The SMILES string of the molecule is CSc1ccc([C@H](O)[C@@H](CO)Nc2nc(NCc3ccccc3Sc3ccccc3CO)nc3ccccc23)cc1. The average molecular weight is 585 g/mol. The standard InChI is InChI=1S/C32H32N4O3S2/c1-40-24-16-14-21(15-17-24)30(39)27(20-38)34-31-25-10-4-5-11-26(25)35-32(36-31)33-18-22-8-2-6-12-28(22)41-29-13-7-3-9-23(29)19-37/h2-17,27,30,37-39H,18-20H2,1H3,(H2,33,34,35,36)/t27-,30+/m1/s1. The summed E-state index contributed by atoms with van der Waals surface area (Å²) in [7, 11) is 0. The van der Waals surface area contributed by atoms with E-state index in [0.29, 0.717) is 23.9 Å². The van der Waals surface area contributed by atoms with Gasteiger partial charge in [-0.15, -0.1) is 11.8 Å². The van der Waals surface area contributed by atoms with Crippen molar-refractivity contribution in [3.8, 4) is 0 Å². The van der Waals surface area contributed by atoms with Crippen LogP contribution in [-0.2, 0) is 13.2 Å². The molecule has 5 rings (SSSR count). The van der Waals surface area contributed by atoms with Crippen LogP contribution < -0.4 is 10.6 Å². The monoisotopic (exact) mass is 584 g/mol. The van der Waals surface area contributed by atoms with Gasteiger partial charge in [0.2, 0.25) is 5.95 Å². The van der Waals surface area contributed by atoms with Crippen LogP contribution in [0, 0.1) is 0 Å². The fourth-order valence-electron chi connectivity index (χ4n) is 4.48. The van der Waals surface area contributed by atoms with Gasteiger partial charge in [-0.25, -0.2) is 4.98 Å². The molecule has 0 fully saturated rings. The number of aliphatic hydroxyl groups excluding tert-OH is 3. The van der Waals surface area contributed by atoms with Crippen LogP contribution in [0.3, 0.4) is 0 Å². The van der Waals surface area contributed by atoms with Gasteiger partial charge >= 0.3 is 0 Å². The predicted molar refractivity (Wildman–Crippen MR) is 167 cm³/mol. The van der Waals surface area contributed by atoms with Crippen molar-refractivity contribution in [1.82, 2.24) is 9.97 Å². The van der Waals surface area contributed by atoms with Crippen LogP contribution in [0.1, 0.15) is 22.8 Å². The third-order valence-corrected chi connectivity index (χ3v) is 8.71. The zero-order valence-corrected chi connectivity index (χ0v) is 24.2. The maximum absolute atomic E-state index is 11.1. The number of thioether (sulfide) groups is 1. The molecule has 0 spiro atoms. The van der Waals surface area contributed by atoms with Crippen LogP contribution in [0.4, 0.5) is 11.8 Å². The number of para-hydroxylation sites is 1. The number of fused-ring (bicyclic) bond motifs is 1. The molecule has 0 bridgehead atoms. The molecule has 5 N–H and O–H groups in total. The van der Waals surface area contributed by atoms with E-state index in [1.807, 2.05) is 91.2 Å². The van der Waals surface area contributed by atoms with Crippen LogP contribution >= 0.6 is 23.5 Å². The predicted octanol–water partition coefficient (Wildman–Crippen LogP) is 6.11. The van der Waals surface area contributed by atoms with Crippen molar-refractivity contribution in [1.29, 1.82) is 0 Å². The molecule has 0 amide bonds. The van der Waals surface area contributed by atoms with Crippen LogP contribution in [0.25, 0.3) is 10.9 Å². The first-order valence-electron chi connectivity index (χ1n) is 13.2. The van der Waals surface area contributed by atoms with Crippen molar-refractivity contribution in [3.05, 3.63) is 114 Å². The van der Waals surface area contributed by atoms with Gasteiger partial charge in [0.15, 0.2) is 0 Å². The largest absolute Gasteiger partial charge is 0.394 e. The molecule has 210 valence electrons. The number of benzene rings is 4. The number of nitrogens with zero attached hydrogens (tertiary/aromatic N) is 2. The summed E-state index contributed by atoms with van der Waals surface area (Å²) in [5, 5.41) is 38.5. The lowest BCUT2D eigenvalue weighted by Crippen LogP contribution is -2.31. The van der Waals surface area contributed by atoms with Crippen molar-refractivity contribution in [2.24, 2.45) is 0 Å². The maximum Gasteiger partial charge on any atom is 0.225 e. The number of hydrogen-bond donors (Lipinski definition) is 5. The van der Waals surface area contributed by atoms with Gasteiger partial charge in [0.05, 0.1) is 24.8 Å². The zero-order valence-electron chi connectivity index (χ0n) is 22.6. The van der Waals surface area contributed by atoms with Crippen LogP contribution in [-0.4, -0.2) is 44.2 Å². The Kier molecular flexibility index (Phi) is 9.76. The van der Waals surface area contributed by atoms with Gasteiger partial charge in [-0.3, -0.25) is 0 Å². The first-order valence-corrected chi connectivity index (χ1v) is 15.3. The molecule has 0 unspecified atom stereocenters. The van der Waals surface area contributed by atoms with Crippen molar-refractivity contribution >= 4 is 46.2 Å². The number of anilines is 2. The maximum atomic E-state index is 11.1. The summed E-state index contributed by atoms with van der Waals surface area (Å²) in [6.45, 7) is 0.180. The van der Waals surface area contributed by atoms with Crippen molar-refractivity contribution < 1.29 is 15.3 Å². The highest BCUT2D eigenvalue weighted by Gasteiger charge is 2.22. The number of nitrogens with one attached hydrogen (secondary N) is 2. The Balaban J connectivity index is 1.38. The highest BCUT2D eigenvalue weighted by molar-refractivity contribution is 7.99. The number of rotatable bonds is 12. The zero-order chi connectivity index (χ0) is 28.6. The summed E-state index contributed by atoms with van der Waals surface area (Å²) < 4.78 is 0. The Hall–Kier alpha value is -3.60. The number of aromatic nitrogens is 2. The molecule has 0 saturated heterocycles. The minimum atomic E-state index is -0.938. The van der Waals surface area contributed by atoms with Crippen molar-refractivity contribution in [3.63, 3.8) is 0 Å². The van der Waals surface area contributed by atoms with Gasteiger partial charge in [-0.05, 0) is 59.3 Å². The second-order valence-electron chi connectivity index (χ2n) is 9.39. The highest BCUT2D eigenvalue weighted by Crippen LogP contribution is 2.33. The van der Waals surface area contributed by atoms with Crippen LogP contribution in [0.5, 0.6) is 0 Å². The molecule has 0 radical (unpaired) electrons. The van der Waals surface area contributed by atoms with E-state index >= 15 is 0 Å². The summed E-state index contributed by atoms with van der Waals surface area (Å²) in [5.41, 5.74) is 3.40. The minimum Gasteiger partial charge on any atom is -0.394 e. The number of hydrogen-bond acceptors (Lipinski definition) is 9. The quantitative estimate of drug-likeness (QED) is 0.111. The van der Waals surface area contributed by atoms with E-state index in [4.69, 9.17) is 9.97 Å². The lowest BCUT2D eigenvalue weighted by Gasteiger charge is -2.24. The molecule has 0 aliphatic carbocycles. The molecular weight excluding hydrogens is 553 g/mol. The summed E-state index contributed by atoms with van der Waals surface area (Å²) in [6, 6.07) is 30.6. The Morgan fingerprint density at radius 1 is 0.780 bits per heavy atom. The molecule has 9 heteroatoms. The normalized spacial score (nSPS) is 12.7. The topological polar surface area (TPSA) is 111 Å². The summed E-state index contributed by atoms with van der Waals surface area (Å²) in [6.07, 6.45) is 1.06. The summed E-state index contributed by atoms with van der Waals surface area (Å²) in [5.74, 6) is 0.953. The average Bonchev–Trinajstić information content (AvgIpc) is 3.03. The fraction of sp³-hybridized carbons (Fsp3) is 0.188. The Morgan fingerprint density at radius 2 is 1.44 bits per heavy atom. The molecule has 2 atom stereocenters. The lowest BCUT2D eigenvalue weighted by molar-refractivity contribution is 0.118. The third kappa shape index (κ3) is 7.01. The van der Waals surface area contributed by atoms with E-state index in [9.17, 15) is 15.3 Å². The molecule has 0 aliphatic heterocycles. The molecule has 7 nitrogen and oxygen atoms in total. The van der Waals surface area contributed by atoms with Gasteiger partial charge in [0.25, 0.3) is 0 Å². The Bertz CT molecular complexity index is 1600. The van der Waals surface area contributed by atoms with Crippen LogP contribution in [0.2, 0.25) is 0 Å². The molecular formula is C32H32N4O3S2. The van der Waals surface area contributed by atoms with E-state index in [1.165, 1.54) is 0 Å². The molecule has 5 aromatic rings. The second-order valence-corrected chi connectivity index (χ2v) is 11.4. The molecule has 0 aliphatic rings. The third-order valence-electron chi connectivity index (χ3n) is 6.73. The van der Waals surface area contributed by atoms with Gasteiger partial charge in [0.1, 0.15) is 11.9 Å². The first-order chi connectivity index (χ1) is 20.1. The van der Waals surface area contributed by atoms with Crippen LogP contribution in [0.15, 0.2) is 112 Å². The minimum absolute atomic E-state index is 0.0169. The molecule has 1 heterocycles. The van der Waals surface area contributed by atoms with E-state index < -0.39 is 12.1 Å². The lowest BCUT2D eigenvalue weighted by atomic mass is 10.0. The van der Waals surface area contributed by atoms with Gasteiger partial charge in [-0.1, -0.05) is 72.4 Å². The smallest absolute Gasteiger partial charge is 0.225 e. The van der Waals surface area contributed by atoms with Gasteiger partial charge in [-0.2, -0.15) is 4.98 Å². The van der Waals surface area contributed by atoms with Crippen molar-refractivity contribution in [2.45, 2.75) is 40.0 Å². The fourth-order valence-corrected chi connectivity index (χ4v) is 5.95. The van der Waals surface area contributed by atoms with E-state index in [1.54, 1.807) is 23.5 Å². The summed E-state index contributed by atoms with van der Waals surface area (Å²) >= 11 is 3.24. The van der Waals surface area contributed by atoms with Gasteiger partial charge in [0, 0.05) is 26.6 Å². The molecule has 41 heavy (non-hydrogen) atoms. The summed E-state index contributed by atoms with van der Waals surface area (Å²) in [4.78, 5) is 12.6. The Morgan fingerprint density at radius 3 is 2.15 bits per heavy atom. The molecule has 0 saturated carbocycles. The van der Waals surface area contributed by atoms with E-state index in [0.717, 1.165) is 36.7 Å². The first kappa shape index (κ1) is 28.9. The molecule has 1 aromatic heterocycles.